The van der Waals surface area contributed by atoms with Crippen LogP contribution < -0.4 is 0 Å². The van der Waals surface area contributed by atoms with Crippen LogP contribution in [0.1, 0.15) is 18.4 Å². The summed E-state index contributed by atoms with van der Waals surface area (Å²) in [6.07, 6.45) is 2.47. The van der Waals surface area contributed by atoms with Crippen LogP contribution in [0.25, 0.3) is 0 Å². The first-order chi connectivity index (χ1) is 11.7. The van der Waals surface area contributed by atoms with Gasteiger partial charge in [-0.1, -0.05) is 30.3 Å². The number of methoxy groups -OCH3 is 1. The third kappa shape index (κ3) is 4.35. The van der Waals surface area contributed by atoms with Crippen molar-refractivity contribution in [3.8, 4) is 0 Å². The van der Waals surface area contributed by atoms with Gasteiger partial charge in [-0.3, -0.25) is 4.79 Å². The Balaban J connectivity index is 1.54. The number of carbonyl (C=O) groups excluding carboxylic acids is 1. The first kappa shape index (κ1) is 17.4. The lowest BCUT2D eigenvalue weighted by atomic mass is 9.89. The molecule has 2 fully saturated rings. The number of piperidine rings is 1. The van der Waals surface area contributed by atoms with E-state index in [9.17, 15) is 4.79 Å². The van der Waals surface area contributed by atoms with E-state index >= 15 is 0 Å². The van der Waals surface area contributed by atoms with E-state index < -0.39 is 0 Å². The highest BCUT2D eigenvalue weighted by Crippen LogP contribution is 2.30. The molecule has 0 unspecified atom stereocenters. The van der Waals surface area contributed by atoms with Gasteiger partial charge in [0.1, 0.15) is 0 Å². The van der Waals surface area contributed by atoms with Crippen LogP contribution in [0.2, 0.25) is 0 Å². The first-order valence-corrected chi connectivity index (χ1v) is 8.88. The lowest BCUT2D eigenvalue weighted by molar-refractivity contribution is -0.159. The zero-order valence-corrected chi connectivity index (χ0v) is 14.6. The fourth-order valence-electron chi connectivity index (χ4n) is 3.65. The maximum Gasteiger partial charge on any atom is 0.227 e. The highest BCUT2D eigenvalue weighted by atomic mass is 16.5. The molecule has 132 valence electrons. The Morgan fingerprint density at radius 3 is 2.67 bits per heavy atom. The van der Waals surface area contributed by atoms with Crippen LogP contribution in [0.3, 0.4) is 0 Å². The highest BCUT2D eigenvalue weighted by Gasteiger charge is 2.40. The molecule has 0 bridgehead atoms. The van der Waals surface area contributed by atoms with E-state index in [1.165, 1.54) is 0 Å². The molecule has 2 aliphatic heterocycles. The molecule has 2 aliphatic rings. The largest absolute Gasteiger partial charge is 0.383 e. The van der Waals surface area contributed by atoms with Gasteiger partial charge in [0, 0.05) is 39.8 Å². The summed E-state index contributed by atoms with van der Waals surface area (Å²) in [5.74, 6) is 0.214. The number of likely N-dealkylation sites (tertiary alicyclic amines) is 1. The normalized spacial score (nSPS) is 21.1. The molecule has 0 aliphatic carbocycles. The van der Waals surface area contributed by atoms with Crippen molar-refractivity contribution in [2.45, 2.75) is 24.9 Å². The Morgan fingerprint density at radius 2 is 1.96 bits per heavy atom. The molecule has 0 N–H and O–H groups in total. The van der Waals surface area contributed by atoms with Gasteiger partial charge in [-0.2, -0.15) is 0 Å². The van der Waals surface area contributed by atoms with Gasteiger partial charge in [0.25, 0.3) is 0 Å². The fourth-order valence-corrected chi connectivity index (χ4v) is 3.65. The van der Waals surface area contributed by atoms with Crippen molar-refractivity contribution in [2.24, 2.45) is 0 Å². The average molecular weight is 332 g/mol. The number of carbonyl (C=O) groups is 1. The summed E-state index contributed by atoms with van der Waals surface area (Å²) in [5, 5.41) is 0. The number of hydrogen-bond donors (Lipinski definition) is 0. The minimum atomic E-state index is -0.145. The van der Waals surface area contributed by atoms with E-state index in [2.05, 4.69) is 4.90 Å². The molecule has 1 aromatic carbocycles. The van der Waals surface area contributed by atoms with Crippen LogP contribution in [-0.4, -0.2) is 74.4 Å². The second-order valence-electron chi connectivity index (χ2n) is 6.84. The Hall–Kier alpha value is -1.43. The SMILES string of the molecule is COCCN1CCC2(CC1)CN(C(=O)Cc1ccccc1)CCO2. The topological polar surface area (TPSA) is 42.0 Å². The van der Waals surface area contributed by atoms with Crippen LogP contribution in [-0.2, 0) is 20.7 Å². The van der Waals surface area contributed by atoms with Crippen molar-refractivity contribution in [2.75, 3.05) is 53.0 Å². The van der Waals surface area contributed by atoms with Gasteiger partial charge in [0.15, 0.2) is 0 Å². The summed E-state index contributed by atoms with van der Waals surface area (Å²) in [6.45, 7) is 5.88. The van der Waals surface area contributed by atoms with Gasteiger partial charge in [0.2, 0.25) is 5.91 Å². The van der Waals surface area contributed by atoms with E-state index in [-0.39, 0.29) is 11.5 Å². The summed E-state index contributed by atoms with van der Waals surface area (Å²) in [6, 6.07) is 9.98. The molecule has 1 aromatic rings. The van der Waals surface area contributed by atoms with Gasteiger partial charge >= 0.3 is 0 Å². The van der Waals surface area contributed by atoms with Gasteiger partial charge in [-0.15, -0.1) is 0 Å². The van der Waals surface area contributed by atoms with Crippen molar-refractivity contribution in [3.63, 3.8) is 0 Å². The van der Waals surface area contributed by atoms with Crippen molar-refractivity contribution in [1.82, 2.24) is 9.80 Å². The zero-order chi connectivity index (χ0) is 16.8. The summed E-state index contributed by atoms with van der Waals surface area (Å²) >= 11 is 0. The maximum absolute atomic E-state index is 12.6. The molecule has 1 amide bonds. The Kier molecular flexibility index (Phi) is 5.87. The van der Waals surface area contributed by atoms with Crippen molar-refractivity contribution in [1.29, 1.82) is 0 Å². The third-order valence-electron chi connectivity index (χ3n) is 5.18. The van der Waals surface area contributed by atoms with Crippen LogP contribution in [0.15, 0.2) is 30.3 Å². The van der Waals surface area contributed by atoms with E-state index in [1.54, 1.807) is 7.11 Å². The highest BCUT2D eigenvalue weighted by molar-refractivity contribution is 5.79. The molecule has 5 nitrogen and oxygen atoms in total. The monoisotopic (exact) mass is 332 g/mol. The average Bonchev–Trinajstić information content (AvgIpc) is 2.62. The molecule has 3 rings (SSSR count). The molecular formula is C19H28N2O3. The molecule has 0 aromatic heterocycles. The quantitative estimate of drug-likeness (QED) is 0.821. The summed E-state index contributed by atoms with van der Waals surface area (Å²) in [5.41, 5.74) is 0.936. The molecule has 2 heterocycles. The predicted molar refractivity (Wildman–Crippen MR) is 93.0 cm³/mol. The predicted octanol–water partition coefficient (Wildman–Crippen LogP) is 1.57. The lowest BCUT2D eigenvalue weighted by Crippen LogP contribution is -2.58. The molecular weight excluding hydrogens is 304 g/mol. The van der Waals surface area contributed by atoms with Crippen molar-refractivity contribution in [3.05, 3.63) is 35.9 Å². The van der Waals surface area contributed by atoms with E-state index in [1.807, 2.05) is 35.2 Å². The number of benzene rings is 1. The van der Waals surface area contributed by atoms with Crippen LogP contribution >= 0.6 is 0 Å². The number of nitrogens with zero attached hydrogens (tertiary/aromatic N) is 2. The van der Waals surface area contributed by atoms with Gasteiger partial charge in [-0.05, 0) is 18.4 Å². The van der Waals surface area contributed by atoms with Crippen molar-refractivity contribution >= 4 is 5.91 Å². The molecule has 5 heteroatoms. The van der Waals surface area contributed by atoms with Gasteiger partial charge in [-0.25, -0.2) is 0 Å². The Labute approximate surface area is 144 Å². The Morgan fingerprint density at radius 1 is 1.21 bits per heavy atom. The van der Waals surface area contributed by atoms with Crippen molar-refractivity contribution < 1.29 is 14.3 Å². The third-order valence-corrected chi connectivity index (χ3v) is 5.18. The van der Waals surface area contributed by atoms with Gasteiger partial charge < -0.3 is 19.3 Å². The fraction of sp³-hybridized carbons (Fsp3) is 0.632. The molecule has 0 atom stereocenters. The second kappa shape index (κ2) is 8.10. The first-order valence-electron chi connectivity index (χ1n) is 8.88. The Bertz CT molecular complexity index is 527. The maximum atomic E-state index is 12.6. The lowest BCUT2D eigenvalue weighted by Gasteiger charge is -2.47. The molecule has 0 radical (unpaired) electrons. The van der Waals surface area contributed by atoms with E-state index in [0.29, 0.717) is 19.6 Å². The van der Waals surface area contributed by atoms with E-state index in [0.717, 1.165) is 51.2 Å². The molecule has 24 heavy (non-hydrogen) atoms. The number of hydrogen-bond acceptors (Lipinski definition) is 4. The summed E-state index contributed by atoms with van der Waals surface area (Å²) in [4.78, 5) is 17.1. The molecule has 1 spiro atoms. The number of ether oxygens (including phenoxy) is 2. The van der Waals surface area contributed by atoms with Crippen LogP contribution in [0, 0.1) is 0 Å². The van der Waals surface area contributed by atoms with Gasteiger partial charge in [0.05, 0.1) is 25.2 Å². The minimum absolute atomic E-state index is 0.145. The molecule has 0 saturated carbocycles. The molecule has 2 saturated heterocycles. The number of morpholine rings is 1. The summed E-state index contributed by atoms with van der Waals surface area (Å²) in [7, 11) is 1.74. The minimum Gasteiger partial charge on any atom is -0.383 e. The van der Waals surface area contributed by atoms with E-state index in [4.69, 9.17) is 9.47 Å². The smallest absolute Gasteiger partial charge is 0.227 e. The summed E-state index contributed by atoms with van der Waals surface area (Å²) < 4.78 is 11.3. The second-order valence-corrected chi connectivity index (χ2v) is 6.84. The standard InChI is InChI=1S/C19H28N2O3/c1-23-13-11-20-9-7-19(8-10-20)16-21(12-14-24-19)18(22)15-17-5-3-2-4-6-17/h2-6H,7-16H2,1H3. The number of rotatable bonds is 5. The van der Waals surface area contributed by atoms with Crippen LogP contribution in [0.4, 0.5) is 0 Å². The van der Waals surface area contributed by atoms with Crippen LogP contribution in [0.5, 0.6) is 0 Å². The number of amides is 1. The zero-order valence-electron chi connectivity index (χ0n) is 14.6.